The quantitative estimate of drug-likeness (QED) is 0.893. The van der Waals surface area contributed by atoms with Crippen molar-refractivity contribution in [3.63, 3.8) is 0 Å². The molecule has 0 bridgehead atoms. The van der Waals surface area contributed by atoms with E-state index in [0.717, 1.165) is 36.6 Å². The average Bonchev–Trinajstić information content (AvgIpc) is 2.94. The first-order chi connectivity index (χ1) is 12.4. The Morgan fingerprint density at radius 3 is 2.62 bits per heavy atom. The molecule has 1 amide bonds. The fraction of sp³-hybridized carbons (Fsp3) is 0.500. The molecule has 3 rings (SSSR count). The number of halogens is 1. The molecule has 0 saturated carbocycles. The van der Waals surface area contributed by atoms with Gasteiger partial charge in [-0.15, -0.1) is 0 Å². The van der Waals surface area contributed by atoms with Crippen LogP contribution in [0.2, 0.25) is 0 Å². The van der Waals surface area contributed by atoms with E-state index in [1.165, 1.54) is 12.1 Å². The Hall–Kier alpha value is -2.21. The third kappa shape index (κ3) is 4.30. The number of H-pyrrole nitrogens is 1. The number of carbonyl (C=O) groups excluding carboxylic acids is 1. The van der Waals surface area contributed by atoms with E-state index in [4.69, 9.17) is 0 Å². The summed E-state index contributed by atoms with van der Waals surface area (Å²) in [5, 5.41) is 0. The molecule has 0 spiro atoms. The lowest BCUT2D eigenvalue weighted by atomic mass is 10.0. The second-order valence-electron chi connectivity index (χ2n) is 7.42. The monoisotopic (exact) mass is 358 g/mol. The summed E-state index contributed by atoms with van der Waals surface area (Å²) < 4.78 is 13.2. The predicted molar refractivity (Wildman–Crippen MR) is 98.8 cm³/mol. The van der Waals surface area contributed by atoms with Crippen molar-refractivity contribution in [3.05, 3.63) is 53.4 Å². The van der Waals surface area contributed by atoms with Crippen LogP contribution in [-0.2, 0) is 17.9 Å². The van der Waals surface area contributed by atoms with Crippen LogP contribution < -0.4 is 0 Å². The van der Waals surface area contributed by atoms with Crippen LogP contribution in [-0.4, -0.2) is 44.8 Å². The van der Waals surface area contributed by atoms with Crippen molar-refractivity contribution >= 4 is 5.91 Å². The molecule has 1 aliphatic heterocycles. The molecule has 26 heavy (non-hydrogen) atoms. The Balaban J connectivity index is 1.77. The highest BCUT2D eigenvalue weighted by Crippen LogP contribution is 2.22. The van der Waals surface area contributed by atoms with E-state index in [2.05, 4.69) is 28.7 Å². The van der Waals surface area contributed by atoms with E-state index in [0.29, 0.717) is 18.9 Å². The van der Waals surface area contributed by atoms with Crippen molar-refractivity contribution < 1.29 is 9.18 Å². The lowest BCUT2D eigenvalue weighted by molar-refractivity contribution is -0.134. The number of hydrogen-bond donors (Lipinski definition) is 1. The van der Waals surface area contributed by atoms with Crippen molar-refractivity contribution in [1.82, 2.24) is 19.8 Å². The minimum atomic E-state index is -0.253. The van der Waals surface area contributed by atoms with Crippen LogP contribution in [0, 0.1) is 18.7 Å². The summed E-state index contributed by atoms with van der Waals surface area (Å²) in [4.78, 5) is 24.6. The largest absolute Gasteiger partial charge is 0.348 e. The second-order valence-corrected chi connectivity index (χ2v) is 7.42. The molecular weight excluding hydrogens is 331 g/mol. The normalized spacial score (nSPS) is 19.2. The molecule has 2 heterocycles. The van der Waals surface area contributed by atoms with E-state index in [-0.39, 0.29) is 17.8 Å². The fourth-order valence-corrected chi connectivity index (χ4v) is 3.50. The van der Waals surface area contributed by atoms with Crippen LogP contribution in [0.1, 0.15) is 37.2 Å². The number of nitrogens with one attached hydrogen (secondary N) is 1. The fourth-order valence-electron chi connectivity index (χ4n) is 3.50. The number of imidazole rings is 1. The molecular formula is C20H27FN4O. The summed E-state index contributed by atoms with van der Waals surface area (Å²) in [6.45, 7) is 9.14. The van der Waals surface area contributed by atoms with Gasteiger partial charge in [0.2, 0.25) is 5.91 Å². The zero-order valence-corrected chi connectivity index (χ0v) is 15.7. The number of benzene rings is 1. The van der Waals surface area contributed by atoms with Crippen LogP contribution in [0.4, 0.5) is 4.39 Å². The van der Waals surface area contributed by atoms with Crippen LogP contribution in [0.15, 0.2) is 30.6 Å². The molecule has 1 N–H and O–H groups in total. The van der Waals surface area contributed by atoms with Gasteiger partial charge < -0.3 is 9.88 Å². The average molecular weight is 358 g/mol. The van der Waals surface area contributed by atoms with Crippen LogP contribution in [0.3, 0.4) is 0 Å². The van der Waals surface area contributed by atoms with Gasteiger partial charge >= 0.3 is 0 Å². The molecule has 0 aliphatic carbocycles. The second kappa shape index (κ2) is 7.99. The first kappa shape index (κ1) is 18.6. The maximum atomic E-state index is 13.2. The zero-order chi connectivity index (χ0) is 18.7. The molecule has 1 aliphatic rings. The number of aromatic amines is 1. The van der Waals surface area contributed by atoms with Gasteiger partial charge in [-0.05, 0) is 30.5 Å². The third-order valence-corrected chi connectivity index (χ3v) is 5.15. The molecule has 1 fully saturated rings. The van der Waals surface area contributed by atoms with Crippen LogP contribution in [0.5, 0.6) is 0 Å². The standard InChI is InChI=1S/C20H27FN4O/c1-14(2)19-12-24(11-18-15(3)22-13-23-18)9-8-20(26)25(19)10-16-4-6-17(21)7-5-16/h4-7,13-14,19H,8-12H2,1-3H3,(H,22,23)/t19-/m1/s1. The van der Waals surface area contributed by atoms with Gasteiger partial charge in [0.15, 0.2) is 0 Å². The molecule has 2 aromatic rings. The van der Waals surface area contributed by atoms with Gasteiger partial charge in [-0.1, -0.05) is 26.0 Å². The molecule has 1 aromatic heterocycles. The number of nitrogens with zero attached hydrogens (tertiary/aromatic N) is 3. The van der Waals surface area contributed by atoms with Crippen molar-refractivity contribution in [3.8, 4) is 0 Å². The van der Waals surface area contributed by atoms with Gasteiger partial charge in [0.25, 0.3) is 0 Å². The van der Waals surface area contributed by atoms with E-state index in [1.54, 1.807) is 18.5 Å². The Bertz CT molecular complexity index is 741. The van der Waals surface area contributed by atoms with E-state index >= 15 is 0 Å². The SMILES string of the molecule is Cc1[nH]cnc1CN1CCC(=O)N(Cc2ccc(F)cc2)[C@@H](C(C)C)C1. The summed E-state index contributed by atoms with van der Waals surface area (Å²) >= 11 is 0. The van der Waals surface area contributed by atoms with Crippen LogP contribution >= 0.6 is 0 Å². The Morgan fingerprint density at radius 1 is 1.27 bits per heavy atom. The smallest absolute Gasteiger partial charge is 0.224 e. The molecule has 1 aromatic carbocycles. The van der Waals surface area contributed by atoms with E-state index in [9.17, 15) is 9.18 Å². The number of aromatic nitrogens is 2. The number of amides is 1. The number of hydrogen-bond acceptors (Lipinski definition) is 3. The van der Waals surface area contributed by atoms with Gasteiger partial charge in [-0.2, -0.15) is 0 Å². The lowest BCUT2D eigenvalue weighted by Gasteiger charge is -2.34. The Kier molecular flexibility index (Phi) is 5.71. The van der Waals surface area contributed by atoms with Crippen molar-refractivity contribution in [2.75, 3.05) is 13.1 Å². The Morgan fingerprint density at radius 2 is 2.00 bits per heavy atom. The molecule has 1 saturated heterocycles. The minimum Gasteiger partial charge on any atom is -0.348 e. The molecule has 0 unspecified atom stereocenters. The summed E-state index contributed by atoms with van der Waals surface area (Å²) in [6.07, 6.45) is 2.21. The van der Waals surface area contributed by atoms with Crippen molar-refractivity contribution in [1.29, 1.82) is 0 Å². The molecule has 6 heteroatoms. The van der Waals surface area contributed by atoms with Crippen molar-refractivity contribution in [2.45, 2.75) is 46.3 Å². The summed E-state index contributed by atoms with van der Waals surface area (Å²) in [7, 11) is 0. The van der Waals surface area contributed by atoms with Crippen molar-refractivity contribution in [2.24, 2.45) is 5.92 Å². The molecule has 5 nitrogen and oxygen atoms in total. The number of aryl methyl sites for hydroxylation is 1. The maximum Gasteiger partial charge on any atom is 0.224 e. The van der Waals surface area contributed by atoms with E-state index in [1.807, 2.05) is 11.8 Å². The van der Waals surface area contributed by atoms with Gasteiger partial charge in [-0.3, -0.25) is 9.69 Å². The highest BCUT2D eigenvalue weighted by atomic mass is 19.1. The highest BCUT2D eigenvalue weighted by molar-refractivity contribution is 5.77. The summed E-state index contributed by atoms with van der Waals surface area (Å²) in [5.41, 5.74) is 3.07. The number of rotatable bonds is 5. The molecule has 140 valence electrons. The van der Waals surface area contributed by atoms with Crippen LogP contribution in [0.25, 0.3) is 0 Å². The number of carbonyl (C=O) groups is 1. The minimum absolute atomic E-state index is 0.120. The molecule has 0 radical (unpaired) electrons. The van der Waals surface area contributed by atoms with Gasteiger partial charge in [-0.25, -0.2) is 9.37 Å². The summed E-state index contributed by atoms with van der Waals surface area (Å²) in [5.74, 6) is 0.242. The first-order valence-corrected chi connectivity index (χ1v) is 9.19. The first-order valence-electron chi connectivity index (χ1n) is 9.19. The lowest BCUT2D eigenvalue weighted by Crippen LogP contribution is -2.45. The van der Waals surface area contributed by atoms with Gasteiger partial charge in [0.05, 0.1) is 12.0 Å². The topological polar surface area (TPSA) is 52.2 Å². The highest BCUT2D eigenvalue weighted by Gasteiger charge is 2.32. The van der Waals surface area contributed by atoms with E-state index < -0.39 is 0 Å². The third-order valence-electron chi connectivity index (χ3n) is 5.15. The zero-order valence-electron chi connectivity index (χ0n) is 15.7. The predicted octanol–water partition coefficient (Wildman–Crippen LogP) is 3.12. The maximum absolute atomic E-state index is 13.2. The Labute approximate surface area is 154 Å². The van der Waals surface area contributed by atoms with Gasteiger partial charge in [0, 0.05) is 44.3 Å². The summed E-state index contributed by atoms with van der Waals surface area (Å²) in [6, 6.07) is 6.55. The molecule has 1 atom stereocenters. The van der Waals surface area contributed by atoms with Gasteiger partial charge in [0.1, 0.15) is 5.82 Å².